The van der Waals surface area contributed by atoms with Gasteiger partial charge in [-0.05, 0) is 61.8 Å². The van der Waals surface area contributed by atoms with Gasteiger partial charge in [-0.25, -0.2) is 0 Å². The predicted molar refractivity (Wildman–Crippen MR) is 107 cm³/mol. The minimum Gasteiger partial charge on any atom is -0.497 e. The molecule has 2 aromatic rings. The molecule has 0 aliphatic heterocycles. The first-order valence-electron chi connectivity index (χ1n) is 9.80. The number of nitrogens with one attached hydrogen (secondary N) is 1. The van der Waals surface area contributed by atoms with Crippen molar-refractivity contribution in [1.29, 1.82) is 0 Å². The molecule has 0 bridgehead atoms. The zero-order valence-electron chi connectivity index (χ0n) is 16.0. The van der Waals surface area contributed by atoms with E-state index in [0.29, 0.717) is 12.0 Å². The van der Waals surface area contributed by atoms with Crippen molar-refractivity contribution < 1.29 is 9.47 Å². The summed E-state index contributed by atoms with van der Waals surface area (Å²) >= 11 is 0. The van der Waals surface area contributed by atoms with Crippen molar-refractivity contribution in [1.82, 2.24) is 5.32 Å². The molecule has 1 saturated carbocycles. The maximum atomic E-state index is 6.25. The van der Waals surface area contributed by atoms with Crippen LogP contribution in [0.2, 0.25) is 0 Å². The van der Waals surface area contributed by atoms with Gasteiger partial charge in [-0.1, -0.05) is 43.3 Å². The molecule has 1 aliphatic carbocycles. The summed E-state index contributed by atoms with van der Waals surface area (Å²) in [5.74, 6) is 3.16. The van der Waals surface area contributed by atoms with Gasteiger partial charge in [0.25, 0.3) is 0 Å². The second-order valence-corrected chi connectivity index (χ2v) is 7.44. The van der Waals surface area contributed by atoms with Crippen LogP contribution in [0.5, 0.6) is 11.5 Å². The van der Waals surface area contributed by atoms with Crippen LogP contribution in [0.15, 0.2) is 54.6 Å². The normalized spacial score (nSPS) is 21.2. The zero-order valence-corrected chi connectivity index (χ0v) is 16.0. The second-order valence-electron chi connectivity index (χ2n) is 7.44. The highest BCUT2D eigenvalue weighted by Gasteiger charge is 2.27. The van der Waals surface area contributed by atoms with Crippen molar-refractivity contribution in [3.8, 4) is 11.5 Å². The molecule has 0 heterocycles. The Morgan fingerprint density at radius 1 is 1.04 bits per heavy atom. The number of hydrogen-bond donors (Lipinski definition) is 1. The van der Waals surface area contributed by atoms with E-state index in [1.54, 1.807) is 7.11 Å². The summed E-state index contributed by atoms with van der Waals surface area (Å²) in [6.45, 7) is 4.38. The molecule has 1 fully saturated rings. The summed E-state index contributed by atoms with van der Waals surface area (Å²) < 4.78 is 11.5. The summed E-state index contributed by atoms with van der Waals surface area (Å²) in [7, 11) is 1.69. The molecule has 3 atom stereocenters. The maximum absolute atomic E-state index is 6.25. The molecule has 1 unspecified atom stereocenters. The molecule has 1 N–H and O–H groups in total. The largest absolute Gasteiger partial charge is 0.497 e. The molecule has 3 nitrogen and oxygen atoms in total. The molecule has 3 heteroatoms. The molecule has 0 radical (unpaired) electrons. The smallest absolute Gasteiger partial charge is 0.123 e. The number of hydrogen-bond acceptors (Lipinski definition) is 3. The SMILES string of the molecule is COc1cccc(O[C@@H]2CCC[C@H](C(C)CNCc3ccccc3)C2)c1. The summed E-state index contributed by atoms with van der Waals surface area (Å²) in [6, 6.07) is 18.6. The first-order chi connectivity index (χ1) is 12.7. The standard InChI is InChI=1S/C23H31NO2/c1-18(16-24-17-19-8-4-3-5-9-19)20-10-6-12-22(14-20)26-23-13-7-11-21(15-23)25-2/h3-5,7-9,11,13,15,18,20,22,24H,6,10,12,14,16-17H2,1-2H3/t18?,20-,22+/m0/s1. The Bertz CT molecular complexity index is 658. The molecule has 3 rings (SSSR count). The Hall–Kier alpha value is -2.00. The van der Waals surface area contributed by atoms with E-state index in [-0.39, 0.29) is 0 Å². The van der Waals surface area contributed by atoms with Crippen LogP contribution in [0.3, 0.4) is 0 Å². The van der Waals surface area contributed by atoms with E-state index >= 15 is 0 Å². The fraction of sp³-hybridized carbons (Fsp3) is 0.478. The van der Waals surface area contributed by atoms with Crippen LogP contribution in [0.1, 0.15) is 38.2 Å². The first-order valence-corrected chi connectivity index (χ1v) is 9.80. The third-order valence-corrected chi connectivity index (χ3v) is 5.45. The third kappa shape index (κ3) is 5.50. The minimum atomic E-state index is 0.317. The molecular weight excluding hydrogens is 322 g/mol. The highest BCUT2D eigenvalue weighted by molar-refractivity contribution is 5.33. The first kappa shape index (κ1) is 18.8. The van der Waals surface area contributed by atoms with Gasteiger partial charge in [-0.15, -0.1) is 0 Å². The summed E-state index contributed by atoms with van der Waals surface area (Å²) in [4.78, 5) is 0. The molecule has 140 valence electrons. The van der Waals surface area contributed by atoms with Gasteiger partial charge in [-0.3, -0.25) is 0 Å². The van der Waals surface area contributed by atoms with Crippen molar-refractivity contribution in [2.75, 3.05) is 13.7 Å². The predicted octanol–water partition coefficient (Wildman–Crippen LogP) is 5.06. The van der Waals surface area contributed by atoms with E-state index < -0.39 is 0 Å². The van der Waals surface area contributed by atoms with Crippen LogP contribution in [0.4, 0.5) is 0 Å². The van der Waals surface area contributed by atoms with Crippen molar-refractivity contribution in [3.63, 3.8) is 0 Å². The van der Waals surface area contributed by atoms with Gasteiger partial charge < -0.3 is 14.8 Å². The Morgan fingerprint density at radius 2 is 1.85 bits per heavy atom. The fourth-order valence-corrected chi connectivity index (χ4v) is 3.88. The van der Waals surface area contributed by atoms with Crippen LogP contribution in [0, 0.1) is 11.8 Å². The lowest BCUT2D eigenvalue weighted by Gasteiger charge is -2.33. The second kappa shape index (κ2) is 9.63. The zero-order chi connectivity index (χ0) is 18.2. The molecule has 0 aromatic heterocycles. The molecule has 26 heavy (non-hydrogen) atoms. The molecule has 1 aliphatic rings. The topological polar surface area (TPSA) is 30.5 Å². The van der Waals surface area contributed by atoms with Crippen molar-refractivity contribution >= 4 is 0 Å². The van der Waals surface area contributed by atoms with Crippen LogP contribution in [-0.2, 0) is 6.54 Å². The Labute approximate surface area is 157 Å². The highest BCUT2D eigenvalue weighted by Crippen LogP contribution is 2.33. The highest BCUT2D eigenvalue weighted by atomic mass is 16.5. The van der Waals surface area contributed by atoms with Gasteiger partial charge in [0.05, 0.1) is 13.2 Å². The third-order valence-electron chi connectivity index (χ3n) is 5.45. The van der Waals surface area contributed by atoms with E-state index in [9.17, 15) is 0 Å². The number of ether oxygens (including phenoxy) is 2. The Balaban J connectivity index is 1.46. The number of methoxy groups -OCH3 is 1. The van der Waals surface area contributed by atoms with Crippen LogP contribution in [0.25, 0.3) is 0 Å². The minimum absolute atomic E-state index is 0.317. The van der Waals surface area contributed by atoms with E-state index in [4.69, 9.17) is 9.47 Å². The van der Waals surface area contributed by atoms with Crippen molar-refractivity contribution in [2.24, 2.45) is 11.8 Å². The fourth-order valence-electron chi connectivity index (χ4n) is 3.88. The van der Waals surface area contributed by atoms with E-state index in [0.717, 1.165) is 43.3 Å². The number of benzene rings is 2. The van der Waals surface area contributed by atoms with Gasteiger partial charge in [0.1, 0.15) is 11.5 Å². The van der Waals surface area contributed by atoms with E-state index in [1.165, 1.54) is 18.4 Å². The van der Waals surface area contributed by atoms with Crippen molar-refractivity contribution in [2.45, 2.75) is 45.3 Å². The average Bonchev–Trinajstić information content (AvgIpc) is 2.69. The molecule has 0 amide bonds. The van der Waals surface area contributed by atoms with Crippen LogP contribution < -0.4 is 14.8 Å². The number of rotatable bonds is 8. The van der Waals surface area contributed by atoms with Gasteiger partial charge in [0, 0.05) is 12.6 Å². The van der Waals surface area contributed by atoms with Crippen LogP contribution >= 0.6 is 0 Å². The Morgan fingerprint density at radius 3 is 2.65 bits per heavy atom. The quantitative estimate of drug-likeness (QED) is 0.719. The summed E-state index contributed by atoms with van der Waals surface area (Å²) in [6.07, 6.45) is 5.18. The Kier molecular flexibility index (Phi) is 6.96. The van der Waals surface area contributed by atoms with Gasteiger partial charge in [0.15, 0.2) is 0 Å². The van der Waals surface area contributed by atoms with Crippen molar-refractivity contribution in [3.05, 3.63) is 60.2 Å². The lowest BCUT2D eigenvalue weighted by atomic mass is 9.79. The summed E-state index contributed by atoms with van der Waals surface area (Å²) in [5.41, 5.74) is 1.35. The van der Waals surface area contributed by atoms with Gasteiger partial charge in [0.2, 0.25) is 0 Å². The van der Waals surface area contributed by atoms with Gasteiger partial charge >= 0.3 is 0 Å². The molecule has 0 spiro atoms. The molecule has 2 aromatic carbocycles. The summed E-state index contributed by atoms with van der Waals surface area (Å²) in [5, 5.41) is 3.62. The lowest BCUT2D eigenvalue weighted by molar-refractivity contribution is 0.102. The lowest BCUT2D eigenvalue weighted by Crippen LogP contribution is -2.33. The van der Waals surface area contributed by atoms with Gasteiger partial charge in [-0.2, -0.15) is 0 Å². The molecule has 0 saturated heterocycles. The molecular formula is C23H31NO2. The van der Waals surface area contributed by atoms with E-state index in [2.05, 4.69) is 42.6 Å². The average molecular weight is 354 g/mol. The van der Waals surface area contributed by atoms with Crippen LogP contribution in [-0.4, -0.2) is 19.8 Å². The maximum Gasteiger partial charge on any atom is 0.123 e. The monoisotopic (exact) mass is 353 g/mol. The van der Waals surface area contributed by atoms with E-state index in [1.807, 2.05) is 24.3 Å².